The van der Waals surface area contributed by atoms with Crippen molar-refractivity contribution in [2.45, 2.75) is 0 Å². The van der Waals surface area contributed by atoms with Crippen molar-refractivity contribution in [1.82, 2.24) is 4.67 Å². The van der Waals surface area contributed by atoms with E-state index in [1.54, 1.807) is 0 Å². The van der Waals surface area contributed by atoms with Gasteiger partial charge in [-0.1, -0.05) is 0 Å². The average molecular weight is 175 g/mol. The molecule has 0 aromatic carbocycles. The summed E-state index contributed by atoms with van der Waals surface area (Å²) < 4.78 is 40.0. The van der Waals surface area contributed by atoms with E-state index >= 15 is 0 Å². The van der Waals surface area contributed by atoms with Crippen molar-refractivity contribution in [2.75, 3.05) is 13.6 Å². The standard InChI is InChI=1S/C3H5F3NO2P/c1-7-2-3(8)9-10(7,4,5)6/h2H2,1H3. The molecule has 1 fully saturated rings. The third-order valence-electron chi connectivity index (χ3n) is 1.13. The molecule has 7 heteroatoms. The molecule has 0 unspecified atom stereocenters. The summed E-state index contributed by atoms with van der Waals surface area (Å²) in [5.74, 6) is -1.22. The van der Waals surface area contributed by atoms with Crippen LogP contribution in [0, 0.1) is 0 Å². The quantitative estimate of drug-likeness (QED) is 0.522. The second-order valence-corrected chi connectivity index (χ2v) is 4.27. The molecule has 0 aromatic rings. The summed E-state index contributed by atoms with van der Waals surface area (Å²) in [6.45, 7) is -0.679. The van der Waals surface area contributed by atoms with E-state index in [1.165, 1.54) is 0 Å². The van der Waals surface area contributed by atoms with Crippen LogP contribution in [0.1, 0.15) is 0 Å². The molecule has 1 rings (SSSR count). The third kappa shape index (κ3) is 1.09. The molecule has 0 N–H and O–H groups in total. The molecule has 0 radical (unpaired) electrons. The Balaban J connectivity index is 2.92. The summed E-state index contributed by atoms with van der Waals surface area (Å²) in [7, 11) is -5.87. The van der Waals surface area contributed by atoms with Gasteiger partial charge in [-0.05, 0) is 0 Å². The van der Waals surface area contributed by atoms with E-state index in [0.717, 1.165) is 7.05 Å². The first-order valence-corrected chi connectivity index (χ1v) is 4.19. The monoisotopic (exact) mass is 175 g/mol. The fourth-order valence-electron chi connectivity index (χ4n) is 0.555. The second-order valence-electron chi connectivity index (χ2n) is 1.99. The second kappa shape index (κ2) is 1.62. The van der Waals surface area contributed by atoms with Crippen molar-refractivity contribution in [3.8, 4) is 0 Å². The molecule has 0 amide bonds. The molecular formula is C3H5F3NO2P. The topological polar surface area (TPSA) is 29.5 Å². The van der Waals surface area contributed by atoms with Crippen molar-refractivity contribution in [2.24, 2.45) is 0 Å². The van der Waals surface area contributed by atoms with Crippen molar-refractivity contribution in [1.29, 1.82) is 0 Å². The van der Waals surface area contributed by atoms with Gasteiger partial charge in [-0.3, -0.25) is 0 Å². The molecular weight excluding hydrogens is 170 g/mol. The average Bonchev–Trinajstić information content (AvgIpc) is 1.74. The van der Waals surface area contributed by atoms with Crippen molar-refractivity contribution < 1.29 is 21.9 Å². The number of carbonyl (C=O) groups excluding carboxylic acids is 1. The van der Waals surface area contributed by atoms with E-state index in [4.69, 9.17) is 0 Å². The predicted molar refractivity (Wildman–Crippen MR) is 29.0 cm³/mol. The Morgan fingerprint density at radius 2 is 2.10 bits per heavy atom. The van der Waals surface area contributed by atoms with E-state index in [9.17, 15) is 17.4 Å². The molecule has 0 saturated carbocycles. The van der Waals surface area contributed by atoms with E-state index in [0.29, 0.717) is 0 Å². The minimum atomic E-state index is -6.68. The molecule has 60 valence electrons. The van der Waals surface area contributed by atoms with Gasteiger partial charge in [0.15, 0.2) is 0 Å². The molecule has 0 spiro atoms. The zero-order valence-corrected chi connectivity index (χ0v) is 5.95. The number of hydrogen-bond acceptors (Lipinski definition) is 3. The maximum atomic E-state index is 12.2. The van der Waals surface area contributed by atoms with Crippen LogP contribution in [0.15, 0.2) is 0 Å². The van der Waals surface area contributed by atoms with Crippen LogP contribution in [-0.4, -0.2) is 24.2 Å². The molecule has 1 aliphatic heterocycles. The Morgan fingerprint density at radius 1 is 1.60 bits per heavy atom. The Labute approximate surface area is 55.2 Å². The maximum absolute atomic E-state index is 12.2. The van der Waals surface area contributed by atoms with Crippen LogP contribution in [0.5, 0.6) is 0 Å². The first-order valence-electron chi connectivity index (χ1n) is 2.41. The first-order chi connectivity index (χ1) is 4.30. The van der Waals surface area contributed by atoms with Crippen LogP contribution < -0.4 is 0 Å². The molecule has 3 nitrogen and oxygen atoms in total. The van der Waals surface area contributed by atoms with Gasteiger partial charge in [0.25, 0.3) is 0 Å². The molecule has 1 heterocycles. The van der Waals surface area contributed by atoms with Gasteiger partial charge < -0.3 is 0 Å². The number of hydrogen-bond donors (Lipinski definition) is 0. The van der Waals surface area contributed by atoms with Crippen molar-refractivity contribution >= 4 is 13.9 Å². The SMILES string of the molecule is CN1CC(=O)OP1(F)(F)F. The molecule has 1 aliphatic rings. The molecule has 1 saturated heterocycles. The zero-order valence-electron chi connectivity index (χ0n) is 5.05. The number of likely N-dealkylation sites (N-methyl/N-ethyl adjacent to an activating group) is 1. The summed E-state index contributed by atoms with van der Waals surface area (Å²) in [5.41, 5.74) is 0. The number of rotatable bonds is 0. The van der Waals surface area contributed by atoms with E-state index in [2.05, 4.69) is 4.52 Å². The van der Waals surface area contributed by atoms with Crippen LogP contribution in [-0.2, 0) is 9.32 Å². The van der Waals surface area contributed by atoms with Crippen molar-refractivity contribution in [3.63, 3.8) is 0 Å². The summed E-state index contributed by atoms with van der Waals surface area (Å²) >= 11 is 0. The Kier molecular flexibility index (Phi) is 1.26. The third-order valence-corrected chi connectivity index (χ3v) is 2.82. The summed E-state index contributed by atoms with van der Waals surface area (Å²) in [4.78, 5) is 10.1. The summed E-state index contributed by atoms with van der Waals surface area (Å²) in [6.07, 6.45) is 0. The van der Waals surface area contributed by atoms with Gasteiger partial charge >= 0.3 is 54.1 Å². The number of halogens is 3. The van der Waals surface area contributed by atoms with E-state index in [-0.39, 0.29) is 4.67 Å². The minimum absolute atomic E-state index is 0.0218. The van der Waals surface area contributed by atoms with Crippen LogP contribution in [0.2, 0.25) is 0 Å². The van der Waals surface area contributed by atoms with Crippen LogP contribution in [0.3, 0.4) is 0 Å². The molecule has 10 heavy (non-hydrogen) atoms. The Hall–Kier alpha value is -0.350. The normalized spacial score (nSPS) is 34.4. The fraction of sp³-hybridized carbons (Fsp3) is 0.667. The van der Waals surface area contributed by atoms with Gasteiger partial charge in [0, 0.05) is 0 Å². The zero-order chi connectivity index (χ0) is 8.02. The van der Waals surface area contributed by atoms with Crippen molar-refractivity contribution in [3.05, 3.63) is 0 Å². The number of nitrogens with zero attached hydrogens (tertiary/aromatic N) is 1. The van der Waals surface area contributed by atoms with Gasteiger partial charge in [0.2, 0.25) is 0 Å². The Morgan fingerprint density at radius 3 is 2.20 bits per heavy atom. The van der Waals surface area contributed by atoms with Gasteiger partial charge in [0.05, 0.1) is 0 Å². The molecule has 0 aromatic heterocycles. The van der Waals surface area contributed by atoms with Gasteiger partial charge in [0.1, 0.15) is 0 Å². The number of carbonyl (C=O) groups is 1. The first kappa shape index (κ1) is 7.75. The van der Waals surface area contributed by atoms with Gasteiger partial charge in [-0.2, -0.15) is 0 Å². The van der Waals surface area contributed by atoms with E-state index in [1.807, 2.05) is 0 Å². The summed E-state index contributed by atoms with van der Waals surface area (Å²) in [6, 6.07) is 0. The Bertz CT molecular complexity index is 188. The fourth-order valence-corrected chi connectivity index (χ4v) is 1.41. The van der Waals surface area contributed by atoms with Crippen LogP contribution >= 0.6 is 7.91 Å². The van der Waals surface area contributed by atoms with E-state index < -0.39 is 20.4 Å². The van der Waals surface area contributed by atoms with Gasteiger partial charge in [-0.15, -0.1) is 0 Å². The molecule has 0 atom stereocenters. The van der Waals surface area contributed by atoms with Crippen LogP contribution in [0.4, 0.5) is 12.6 Å². The van der Waals surface area contributed by atoms with Crippen LogP contribution in [0.25, 0.3) is 0 Å². The molecule has 0 bridgehead atoms. The predicted octanol–water partition coefficient (Wildman–Crippen LogP) is 1.51. The molecule has 0 aliphatic carbocycles. The van der Waals surface area contributed by atoms with Gasteiger partial charge in [-0.25, -0.2) is 0 Å². The summed E-state index contributed by atoms with van der Waals surface area (Å²) in [5, 5.41) is 0.